The summed E-state index contributed by atoms with van der Waals surface area (Å²) in [5, 5.41) is 8.44. The van der Waals surface area contributed by atoms with Gasteiger partial charge in [-0.05, 0) is 25.8 Å². The fourth-order valence-electron chi connectivity index (χ4n) is 1.76. The van der Waals surface area contributed by atoms with Crippen molar-refractivity contribution in [2.45, 2.75) is 33.7 Å². The van der Waals surface area contributed by atoms with Crippen LogP contribution < -0.4 is 5.32 Å². The van der Waals surface area contributed by atoms with E-state index in [1.165, 1.54) is 11.3 Å². The Hall–Kier alpha value is -1.36. The van der Waals surface area contributed by atoms with Crippen molar-refractivity contribution in [3.8, 4) is 0 Å². The average Bonchev–Trinajstić information content (AvgIpc) is 2.81. The van der Waals surface area contributed by atoms with Gasteiger partial charge in [0.15, 0.2) is 0 Å². The Morgan fingerprint density at radius 3 is 2.67 bits per heavy atom. The number of thiophene rings is 1. The number of aryl methyl sites for hydroxylation is 2. The highest BCUT2D eigenvalue weighted by atomic mass is 32.1. The third-order valence-corrected chi connectivity index (χ3v) is 4.48. The maximum Gasteiger partial charge on any atom is 0.261 e. The van der Waals surface area contributed by atoms with Crippen molar-refractivity contribution in [3.05, 3.63) is 16.6 Å². The van der Waals surface area contributed by atoms with E-state index in [0.717, 1.165) is 20.8 Å². The monoisotopic (exact) mass is 265 g/mol. The second-order valence-corrected chi connectivity index (χ2v) is 6.08. The molecule has 5 heteroatoms. The van der Waals surface area contributed by atoms with Crippen molar-refractivity contribution < 1.29 is 4.79 Å². The molecule has 2 heterocycles. The lowest BCUT2D eigenvalue weighted by atomic mass is 10.1. The number of carbonyl (C=O) groups is 1. The van der Waals surface area contributed by atoms with E-state index in [4.69, 9.17) is 0 Å². The van der Waals surface area contributed by atoms with Crippen LogP contribution in [0.25, 0.3) is 10.2 Å². The highest BCUT2D eigenvalue weighted by Crippen LogP contribution is 2.27. The van der Waals surface area contributed by atoms with Crippen molar-refractivity contribution in [2.24, 2.45) is 13.0 Å². The second kappa shape index (κ2) is 4.72. The molecular formula is C13H19N3OS. The van der Waals surface area contributed by atoms with Crippen LogP contribution in [0.15, 0.2) is 6.07 Å². The molecule has 0 fully saturated rings. The number of aromatic nitrogens is 2. The number of hydrogen-bond acceptors (Lipinski definition) is 3. The SMILES string of the molecule is Cc1nn(C)c2sc(C(=O)NC(C)C(C)C)cc12. The average molecular weight is 265 g/mol. The van der Waals surface area contributed by atoms with Crippen molar-refractivity contribution in [1.29, 1.82) is 0 Å². The third-order valence-electron chi connectivity index (χ3n) is 3.28. The smallest absolute Gasteiger partial charge is 0.261 e. The minimum atomic E-state index is 0.0109. The molecule has 1 unspecified atom stereocenters. The summed E-state index contributed by atoms with van der Waals surface area (Å²) in [7, 11) is 1.91. The molecule has 0 aliphatic carbocycles. The predicted octanol–water partition coefficient (Wildman–Crippen LogP) is 2.72. The molecule has 2 rings (SSSR count). The number of hydrogen-bond donors (Lipinski definition) is 1. The quantitative estimate of drug-likeness (QED) is 0.927. The van der Waals surface area contributed by atoms with E-state index >= 15 is 0 Å². The van der Waals surface area contributed by atoms with Gasteiger partial charge >= 0.3 is 0 Å². The Labute approximate surface area is 111 Å². The lowest BCUT2D eigenvalue weighted by molar-refractivity contribution is 0.0934. The summed E-state index contributed by atoms with van der Waals surface area (Å²) in [6, 6.07) is 2.12. The van der Waals surface area contributed by atoms with Gasteiger partial charge in [-0.1, -0.05) is 13.8 Å². The third kappa shape index (κ3) is 2.27. The molecule has 0 aliphatic heterocycles. The molecule has 1 amide bonds. The standard InChI is InChI=1S/C13H19N3OS/c1-7(2)8(3)14-12(17)11-6-10-9(4)15-16(5)13(10)18-11/h6-8H,1-5H3,(H,14,17). The second-order valence-electron chi connectivity index (χ2n) is 5.04. The molecule has 0 radical (unpaired) electrons. The van der Waals surface area contributed by atoms with E-state index < -0.39 is 0 Å². The van der Waals surface area contributed by atoms with Crippen LogP contribution in [0.2, 0.25) is 0 Å². The van der Waals surface area contributed by atoms with Gasteiger partial charge in [-0.2, -0.15) is 5.10 Å². The Balaban J connectivity index is 2.26. The van der Waals surface area contributed by atoms with Crippen LogP contribution in [0.5, 0.6) is 0 Å². The zero-order valence-electron chi connectivity index (χ0n) is 11.4. The molecule has 0 bridgehead atoms. The summed E-state index contributed by atoms with van der Waals surface area (Å²) in [6.45, 7) is 8.20. The van der Waals surface area contributed by atoms with E-state index in [9.17, 15) is 4.79 Å². The first-order chi connectivity index (χ1) is 8.40. The number of rotatable bonds is 3. The summed E-state index contributed by atoms with van der Waals surface area (Å²) in [6.07, 6.45) is 0. The maximum absolute atomic E-state index is 12.1. The maximum atomic E-state index is 12.1. The van der Waals surface area contributed by atoms with Gasteiger partial charge in [0.05, 0.1) is 10.6 Å². The van der Waals surface area contributed by atoms with E-state index in [2.05, 4.69) is 24.3 Å². The van der Waals surface area contributed by atoms with Gasteiger partial charge in [-0.15, -0.1) is 11.3 Å². The van der Waals surface area contributed by atoms with E-state index in [1.54, 1.807) is 0 Å². The molecule has 0 aliphatic rings. The molecule has 2 aromatic rings. The normalized spacial score (nSPS) is 13.2. The van der Waals surface area contributed by atoms with Crippen LogP contribution in [0.4, 0.5) is 0 Å². The Morgan fingerprint density at radius 1 is 1.44 bits per heavy atom. The van der Waals surface area contributed by atoms with Crippen LogP contribution in [-0.2, 0) is 7.05 Å². The first-order valence-electron chi connectivity index (χ1n) is 6.14. The minimum Gasteiger partial charge on any atom is -0.349 e. The Kier molecular flexibility index (Phi) is 3.43. The van der Waals surface area contributed by atoms with E-state index in [-0.39, 0.29) is 11.9 Å². The molecule has 18 heavy (non-hydrogen) atoms. The Morgan fingerprint density at radius 2 is 2.11 bits per heavy atom. The minimum absolute atomic E-state index is 0.0109. The highest BCUT2D eigenvalue weighted by Gasteiger charge is 2.17. The van der Waals surface area contributed by atoms with Gasteiger partial charge in [-0.3, -0.25) is 9.48 Å². The zero-order valence-corrected chi connectivity index (χ0v) is 12.3. The molecular weight excluding hydrogens is 246 g/mol. The fraction of sp³-hybridized carbons (Fsp3) is 0.538. The van der Waals surface area contributed by atoms with Crippen LogP contribution in [0.3, 0.4) is 0 Å². The van der Waals surface area contributed by atoms with Gasteiger partial charge < -0.3 is 5.32 Å². The molecule has 4 nitrogen and oxygen atoms in total. The van der Waals surface area contributed by atoms with Gasteiger partial charge in [0, 0.05) is 18.5 Å². The molecule has 0 spiro atoms. The number of nitrogens with one attached hydrogen (secondary N) is 1. The van der Waals surface area contributed by atoms with Crippen LogP contribution in [-0.4, -0.2) is 21.7 Å². The van der Waals surface area contributed by atoms with Gasteiger partial charge in [-0.25, -0.2) is 0 Å². The number of nitrogens with zero attached hydrogens (tertiary/aromatic N) is 2. The summed E-state index contributed by atoms with van der Waals surface area (Å²) < 4.78 is 1.83. The number of fused-ring (bicyclic) bond motifs is 1. The van der Waals surface area contributed by atoms with E-state index in [0.29, 0.717) is 5.92 Å². The van der Waals surface area contributed by atoms with Crippen LogP contribution >= 0.6 is 11.3 Å². The molecule has 1 N–H and O–H groups in total. The van der Waals surface area contributed by atoms with Crippen molar-refractivity contribution in [1.82, 2.24) is 15.1 Å². The predicted molar refractivity (Wildman–Crippen MR) is 75.1 cm³/mol. The molecule has 2 aromatic heterocycles. The summed E-state index contributed by atoms with van der Waals surface area (Å²) in [4.78, 5) is 13.9. The van der Waals surface area contributed by atoms with E-state index in [1.807, 2.05) is 31.6 Å². The molecule has 1 atom stereocenters. The largest absolute Gasteiger partial charge is 0.349 e. The van der Waals surface area contributed by atoms with Gasteiger partial charge in [0.2, 0.25) is 0 Å². The number of carbonyl (C=O) groups excluding carboxylic acids is 1. The summed E-state index contributed by atoms with van der Waals surface area (Å²) in [5.41, 5.74) is 0.972. The van der Waals surface area contributed by atoms with Crippen LogP contribution in [0, 0.1) is 12.8 Å². The molecule has 98 valence electrons. The fourth-order valence-corrected chi connectivity index (χ4v) is 2.79. The highest BCUT2D eigenvalue weighted by molar-refractivity contribution is 7.20. The lowest BCUT2D eigenvalue weighted by Gasteiger charge is -2.16. The number of amides is 1. The lowest BCUT2D eigenvalue weighted by Crippen LogP contribution is -2.35. The molecule has 0 saturated heterocycles. The topological polar surface area (TPSA) is 46.9 Å². The van der Waals surface area contributed by atoms with Crippen molar-refractivity contribution in [2.75, 3.05) is 0 Å². The summed E-state index contributed by atoms with van der Waals surface area (Å²) >= 11 is 1.49. The zero-order chi connectivity index (χ0) is 13.4. The molecule has 0 aromatic carbocycles. The van der Waals surface area contributed by atoms with Crippen molar-refractivity contribution in [3.63, 3.8) is 0 Å². The molecule has 0 saturated carbocycles. The Bertz CT molecular complexity index is 548. The van der Waals surface area contributed by atoms with Crippen molar-refractivity contribution >= 4 is 27.5 Å². The van der Waals surface area contributed by atoms with Gasteiger partial charge in [0.25, 0.3) is 5.91 Å². The first kappa shape index (κ1) is 13.1. The van der Waals surface area contributed by atoms with Gasteiger partial charge in [0.1, 0.15) is 4.83 Å². The summed E-state index contributed by atoms with van der Waals surface area (Å²) in [5.74, 6) is 0.448. The van der Waals surface area contributed by atoms with Crippen LogP contribution in [0.1, 0.15) is 36.1 Å². The first-order valence-corrected chi connectivity index (χ1v) is 6.95.